The molecule has 1 aromatic carbocycles. The topological polar surface area (TPSA) is 63.4 Å². The summed E-state index contributed by atoms with van der Waals surface area (Å²) in [5.41, 5.74) is 5.73. The van der Waals surface area contributed by atoms with Gasteiger partial charge in [-0.05, 0) is 49.1 Å². The number of piperidine rings is 1. The number of sulfonamides is 1. The minimum absolute atomic E-state index is 0.249. The number of rotatable bonds is 3. The lowest BCUT2D eigenvalue weighted by atomic mass is 9.88. The van der Waals surface area contributed by atoms with Gasteiger partial charge >= 0.3 is 0 Å². The third-order valence-corrected chi connectivity index (χ3v) is 6.24. The zero-order valence-corrected chi connectivity index (χ0v) is 13.3. The fourth-order valence-electron chi connectivity index (χ4n) is 2.40. The molecule has 19 heavy (non-hydrogen) atoms. The van der Waals surface area contributed by atoms with Crippen molar-refractivity contribution in [2.24, 2.45) is 17.6 Å². The number of benzene rings is 1. The fraction of sp³-hybridized carbons (Fsp3) is 0.538. The van der Waals surface area contributed by atoms with E-state index in [1.54, 1.807) is 28.6 Å². The summed E-state index contributed by atoms with van der Waals surface area (Å²) in [5.74, 6) is 0.736. The van der Waals surface area contributed by atoms with Gasteiger partial charge in [0.15, 0.2) is 0 Å². The van der Waals surface area contributed by atoms with Gasteiger partial charge in [0, 0.05) is 17.6 Å². The molecule has 0 amide bonds. The number of hydrogen-bond donors (Lipinski definition) is 1. The van der Waals surface area contributed by atoms with E-state index < -0.39 is 10.0 Å². The zero-order valence-electron chi connectivity index (χ0n) is 10.9. The summed E-state index contributed by atoms with van der Waals surface area (Å²) in [6.45, 7) is 3.78. The van der Waals surface area contributed by atoms with Gasteiger partial charge in [0.05, 0.1) is 4.90 Å². The third kappa shape index (κ3) is 3.18. The predicted molar refractivity (Wildman–Crippen MR) is 79.2 cm³/mol. The maximum absolute atomic E-state index is 12.5. The van der Waals surface area contributed by atoms with Crippen molar-refractivity contribution in [3.05, 3.63) is 28.7 Å². The molecule has 1 aliphatic heterocycles. The second-order valence-corrected chi connectivity index (χ2v) is 7.93. The molecule has 2 unspecified atom stereocenters. The predicted octanol–water partition coefficient (Wildman–Crippen LogP) is 2.05. The molecule has 0 saturated carbocycles. The summed E-state index contributed by atoms with van der Waals surface area (Å²) in [7, 11) is -3.39. The van der Waals surface area contributed by atoms with Gasteiger partial charge in [0.1, 0.15) is 0 Å². The zero-order chi connectivity index (χ0) is 14.0. The molecule has 1 heterocycles. The van der Waals surface area contributed by atoms with Crippen molar-refractivity contribution in [1.82, 2.24) is 4.31 Å². The van der Waals surface area contributed by atoms with Crippen molar-refractivity contribution in [3.8, 4) is 0 Å². The first kappa shape index (κ1) is 15.0. The molecule has 0 bridgehead atoms. The van der Waals surface area contributed by atoms with Crippen LogP contribution in [0.1, 0.15) is 13.3 Å². The van der Waals surface area contributed by atoms with Crippen LogP contribution in [0.4, 0.5) is 0 Å². The molecule has 1 fully saturated rings. The maximum atomic E-state index is 12.5. The molecule has 0 spiro atoms. The van der Waals surface area contributed by atoms with Gasteiger partial charge in [-0.2, -0.15) is 4.31 Å². The first-order valence-electron chi connectivity index (χ1n) is 6.41. The normalized spacial score (nSPS) is 25.4. The highest BCUT2D eigenvalue weighted by Crippen LogP contribution is 2.27. The van der Waals surface area contributed by atoms with Gasteiger partial charge in [-0.15, -0.1) is 0 Å². The van der Waals surface area contributed by atoms with Crippen LogP contribution in [0, 0.1) is 11.8 Å². The lowest BCUT2D eigenvalue weighted by Gasteiger charge is -2.35. The average Bonchev–Trinajstić information content (AvgIpc) is 2.39. The first-order valence-corrected chi connectivity index (χ1v) is 8.64. The molecule has 6 heteroatoms. The standard InChI is InChI=1S/C13H19BrN2O2S/c1-10-6-7-16(9-11(10)8-15)19(17,18)13-4-2-12(14)3-5-13/h2-5,10-11H,6-9,15H2,1H3. The van der Waals surface area contributed by atoms with Gasteiger partial charge in [-0.25, -0.2) is 8.42 Å². The van der Waals surface area contributed by atoms with Crippen LogP contribution in [0.3, 0.4) is 0 Å². The molecule has 0 radical (unpaired) electrons. The molecule has 4 nitrogen and oxygen atoms in total. The Kier molecular flexibility index (Phi) is 4.66. The Balaban J connectivity index is 2.23. The van der Waals surface area contributed by atoms with Crippen molar-refractivity contribution in [2.75, 3.05) is 19.6 Å². The number of hydrogen-bond acceptors (Lipinski definition) is 3. The summed E-state index contributed by atoms with van der Waals surface area (Å²) in [5, 5.41) is 0. The van der Waals surface area contributed by atoms with Gasteiger partial charge in [-0.3, -0.25) is 0 Å². The van der Waals surface area contributed by atoms with Gasteiger partial charge in [0.25, 0.3) is 0 Å². The summed E-state index contributed by atoms with van der Waals surface area (Å²) >= 11 is 3.31. The lowest BCUT2D eigenvalue weighted by molar-refractivity contribution is 0.203. The molecular formula is C13H19BrN2O2S. The third-order valence-electron chi connectivity index (χ3n) is 3.83. The molecule has 1 saturated heterocycles. The highest BCUT2D eigenvalue weighted by atomic mass is 79.9. The minimum atomic E-state index is -3.39. The molecule has 2 atom stereocenters. The number of nitrogens with two attached hydrogens (primary N) is 1. The second-order valence-electron chi connectivity index (χ2n) is 5.08. The monoisotopic (exact) mass is 346 g/mol. The van der Waals surface area contributed by atoms with Crippen molar-refractivity contribution in [3.63, 3.8) is 0 Å². The Bertz CT molecular complexity index is 530. The highest BCUT2D eigenvalue weighted by molar-refractivity contribution is 9.10. The van der Waals surface area contributed by atoms with E-state index in [2.05, 4.69) is 22.9 Å². The second kappa shape index (κ2) is 5.91. The largest absolute Gasteiger partial charge is 0.330 e. The van der Waals surface area contributed by atoms with Crippen molar-refractivity contribution in [2.45, 2.75) is 18.2 Å². The van der Waals surface area contributed by atoms with Crippen LogP contribution in [0.25, 0.3) is 0 Å². The molecular weight excluding hydrogens is 328 g/mol. The SMILES string of the molecule is CC1CCN(S(=O)(=O)c2ccc(Br)cc2)CC1CN. The van der Waals surface area contributed by atoms with E-state index in [4.69, 9.17) is 5.73 Å². The quantitative estimate of drug-likeness (QED) is 0.910. The van der Waals surface area contributed by atoms with E-state index in [1.807, 2.05) is 0 Å². The smallest absolute Gasteiger partial charge is 0.243 e. The molecule has 0 aromatic heterocycles. The lowest BCUT2D eigenvalue weighted by Crippen LogP contribution is -2.45. The Morgan fingerprint density at radius 1 is 1.37 bits per heavy atom. The summed E-state index contributed by atoms with van der Waals surface area (Å²) in [6.07, 6.45) is 0.873. The van der Waals surface area contributed by atoms with Crippen molar-refractivity contribution < 1.29 is 8.42 Å². The van der Waals surface area contributed by atoms with Crippen LogP contribution in [0.15, 0.2) is 33.6 Å². The highest BCUT2D eigenvalue weighted by Gasteiger charge is 2.32. The molecule has 0 aliphatic carbocycles. The van der Waals surface area contributed by atoms with E-state index in [0.717, 1.165) is 10.9 Å². The van der Waals surface area contributed by atoms with Gasteiger partial charge in [-0.1, -0.05) is 22.9 Å². The van der Waals surface area contributed by atoms with Crippen LogP contribution in [0.5, 0.6) is 0 Å². The molecule has 1 aromatic rings. The van der Waals surface area contributed by atoms with E-state index in [0.29, 0.717) is 30.4 Å². The Hall–Kier alpha value is -0.430. The maximum Gasteiger partial charge on any atom is 0.243 e. The Labute approximate surface area is 123 Å². The molecule has 2 N–H and O–H groups in total. The Morgan fingerprint density at radius 2 is 2.00 bits per heavy atom. The van der Waals surface area contributed by atoms with E-state index >= 15 is 0 Å². The van der Waals surface area contributed by atoms with Crippen LogP contribution >= 0.6 is 15.9 Å². The van der Waals surface area contributed by atoms with Crippen LogP contribution in [-0.2, 0) is 10.0 Å². The number of nitrogens with zero attached hydrogens (tertiary/aromatic N) is 1. The van der Waals surface area contributed by atoms with Gasteiger partial charge in [0.2, 0.25) is 10.0 Å². The minimum Gasteiger partial charge on any atom is -0.330 e. The Morgan fingerprint density at radius 3 is 2.58 bits per heavy atom. The average molecular weight is 347 g/mol. The van der Waals surface area contributed by atoms with Crippen LogP contribution in [-0.4, -0.2) is 32.4 Å². The summed E-state index contributed by atoms with van der Waals surface area (Å²) < 4.78 is 27.5. The number of halogens is 1. The summed E-state index contributed by atoms with van der Waals surface area (Å²) in [4.78, 5) is 0.348. The van der Waals surface area contributed by atoms with Crippen LogP contribution < -0.4 is 5.73 Å². The van der Waals surface area contributed by atoms with Gasteiger partial charge < -0.3 is 5.73 Å². The van der Waals surface area contributed by atoms with E-state index in [1.165, 1.54) is 0 Å². The van der Waals surface area contributed by atoms with Crippen LogP contribution in [0.2, 0.25) is 0 Å². The van der Waals surface area contributed by atoms with E-state index in [9.17, 15) is 8.42 Å². The molecule has 1 aliphatic rings. The molecule has 106 valence electrons. The van der Waals surface area contributed by atoms with E-state index in [-0.39, 0.29) is 5.92 Å². The molecule has 2 rings (SSSR count). The summed E-state index contributed by atoms with van der Waals surface area (Å²) in [6, 6.07) is 6.77. The van der Waals surface area contributed by atoms with Crippen molar-refractivity contribution >= 4 is 26.0 Å². The fourth-order valence-corrected chi connectivity index (χ4v) is 4.17. The first-order chi connectivity index (χ1) is 8.95. The van der Waals surface area contributed by atoms with Crippen molar-refractivity contribution in [1.29, 1.82) is 0 Å².